The molecule has 2 heteroatoms. The Kier molecular flexibility index (Phi) is 7.25. The molecule has 0 unspecified atom stereocenters. The maximum Gasteiger partial charge on any atom is 0.0716 e. The molecule has 0 saturated heterocycles. The van der Waals surface area contributed by atoms with E-state index in [4.69, 9.17) is 4.74 Å². The molecule has 1 aromatic rings. The molecule has 0 aliphatic heterocycles. The van der Waals surface area contributed by atoms with Crippen molar-refractivity contribution in [2.45, 2.75) is 60.1 Å². The van der Waals surface area contributed by atoms with Crippen LogP contribution in [0, 0.1) is 5.41 Å². The fourth-order valence-electron chi connectivity index (χ4n) is 1.88. The molecule has 114 valence electrons. The minimum absolute atomic E-state index is 0.354. The lowest BCUT2D eigenvalue weighted by atomic mass is 9.93. The van der Waals surface area contributed by atoms with Crippen LogP contribution in [0.1, 0.15) is 52.2 Å². The van der Waals surface area contributed by atoms with Crippen molar-refractivity contribution in [3.05, 3.63) is 35.4 Å². The number of nitrogens with one attached hydrogen (secondary N) is 1. The van der Waals surface area contributed by atoms with Gasteiger partial charge in [0.05, 0.1) is 6.61 Å². The van der Waals surface area contributed by atoms with E-state index in [0.717, 1.165) is 32.6 Å². The first-order valence-corrected chi connectivity index (χ1v) is 7.76. The average Bonchev–Trinajstić information content (AvgIpc) is 2.35. The van der Waals surface area contributed by atoms with Gasteiger partial charge >= 0.3 is 0 Å². The molecule has 0 saturated carbocycles. The van der Waals surface area contributed by atoms with Gasteiger partial charge in [-0.05, 0) is 35.9 Å². The molecular weight excluding hydrogens is 246 g/mol. The van der Waals surface area contributed by atoms with Crippen molar-refractivity contribution in [3.63, 3.8) is 0 Å². The second-order valence-electron chi connectivity index (χ2n) is 7.04. The van der Waals surface area contributed by atoms with Gasteiger partial charge in [-0.3, -0.25) is 0 Å². The average molecular weight is 277 g/mol. The van der Waals surface area contributed by atoms with Crippen molar-refractivity contribution in [2.24, 2.45) is 5.41 Å². The first-order valence-electron chi connectivity index (χ1n) is 7.76. The van der Waals surface area contributed by atoms with Crippen LogP contribution < -0.4 is 5.32 Å². The van der Waals surface area contributed by atoms with E-state index in [1.807, 2.05) is 0 Å². The molecule has 0 amide bonds. The Morgan fingerprint density at radius 3 is 2.20 bits per heavy atom. The molecule has 0 atom stereocenters. The van der Waals surface area contributed by atoms with E-state index in [-0.39, 0.29) is 0 Å². The van der Waals surface area contributed by atoms with Gasteiger partial charge in [0.25, 0.3) is 0 Å². The maximum absolute atomic E-state index is 5.74. The van der Waals surface area contributed by atoms with Gasteiger partial charge in [-0.25, -0.2) is 0 Å². The Labute approximate surface area is 124 Å². The fourth-order valence-corrected chi connectivity index (χ4v) is 1.88. The lowest BCUT2D eigenvalue weighted by Gasteiger charge is -2.17. The Morgan fingerprint density at radius 1 is 1.05 bits per heavy atom. The Bertz CT molecular complexity index is 362. The molecule has 2 nitrogen and oxygen atoms in total. The highest BCUT2D eigenvalue weighted by Gasteiger charge is 2.09. The Balaban J connectivity index is 2.25. The van der Waals surface area contributed by atoms with Crippen molar-refractivity contribution in [1.29, 1.82) is 0 Å². The quantitative estimate of drug-likeness (QED) is 0.720. The van der Waals surface area contributed by atoms with Gasteiger partial charge in [-0.1, -0.05) is 58.9 Å². The molecule has 0 radical (unpaired) electrons. The molecule has 0 aliphatic carbocycles. The minimum atomic E-state index is 0.354. The maximum atomic E-state index is 5.74. The highest BCUT2D eigenvalue weighted by Crippen LogP contribution is 2.18. The molecular formula is C18H31NO. The normalized spacial score (nSPS) is 12.1. The third kappa shape index (κ3) is 8.34. The summed E-state index contributed by atoms with van der Waals surface area (Å²) in [7, 11) is 0. The Morgan fingerprint density at radius 2 is 1.65 bits per heavy atom. The third-order valence-electron chi connectivity index (χ3n) is 3.25. The summed E-state index contributed by atoms with van der Waals surface area (Å²) in [6.07, 6.45) is 2.19. The molecule has 0 heterocycles. The number of hydrogen-bond acceptors (Lipinski definition) is 2. The van der Waals surface area contributed by atoms with E-state index in [0.29, 0.717) is 11.5 Å². The van der Waals surface area contributed by atoms with E-state index in [2.05, 4.69) is 64.2 Å². The van der Waals surface area contributed by atoms with Gasteiger partial charge in [0.2, 0.25) is 0 Å². The summed E-state index contributed by atoms with van der Waals surface area (Å²) in [6.45, 7) is 13.7. The van der Waals surface area contributed by atoms with Crippen LogP contribution in [0.3, 0.4) is 0 Å². The predicted molar refractivity (Wildman–Crippen MR) is 87.0 cm³/mol. The van der Waals surface area contributed by atoms with Crippen molar-refractivity contribution in [2.75, 3.05) is 13.2 Å². The SMILES string of the molecule is CC(C)NCCc1ccc(COCCC(C)(C)C)cc1. The van der Waals surface area contributed by atoms with Crippen LogP contribution in [0.4, 0.5) is 0 Å². The summed E-state index contributed by atoms with van der Waals surface area (Å²) in [5.74, 6) is 0. The van der Waals surface area contributed by atoms with E-state index < -0.39 is 0 Å². The first-order chi connectivity index (χ1) is 9.37. The zero-order valence-corrected chi connectivity index (χ0v) is 13.8. The van der Waals surface area contributed by atoms with Crippen LogP contribution in [0.15, 0.2) is 24.3 Å². The molecule has 1 N–H and O–H groups in total. The van der Waals surface area contributed by atoms with Gasteiger partial charge in [-0.15, -0.1) is 0 Å². The van der Waals surface area contributed by atoms with Gasteiger partial charge in [0, 0.05) is 12.6 Å². The van der Waals surface area contributed by atoms with Crippen LogP contribution >= 0.6 is 0 Å². The summed E-state index contributed by atoms with van der Waals surface area (Å²) >= 11 is 0. The van der Waals surface area contributed by atoms with Crippen molar-refractivity contribution in [1.82, 2.24) is 5.32 Å². The minimum Gasteiger partial charge on any atom is -0.377 e. The van der Waals surface area contributed by atoms with Crippen LogP contribution in [-0.2, 0) is 17.8 Å². The zero-order valence-electron chi connectivity index (χ0n) is 13.8. The zero-order chi connectivity index (χ0) is 15.0. The summed E-state index contributed by atoms with van der Waals surface area (Å²) < 4.78 is 5.74. The molecule has 1 rings (SSSR count). The van der Waals surface area contributed by atoms with Gasteiger partial charge in [0.1, 0.15) is 0 Å². The second-order valence-corrected chi connectivity index (χ2v) is 7.04. The first kappa shape index (κ1) is 17.2. The van der Waals surface area contributed by atoms with Crippen molar-refractivity contribution >= 4 is 0 Å². The van der Waals surface area contributed by atoms with E-state index >= 15 is 0 Å². The standard InChI is InChI=1S/C18H31NO/c1-15(2)19-12-10-16-6-8-17(9-7-16)14-20-13-11-18(3,4)5/h6-9,15,19H,10-14H2,1-5H3. The largest absolute Gasteiger partial charge is 0.377 e. The highest BCUT2D eigenvalue weighted by atomic mass is 16.5. The number of benzene rings is 1. The van der Waals surface area contributed by atoms with Crippen LogP contribution in [-0.4, -0.2) is 19.2 Å². The fraction of sp³-hybridized carbons (Fsp3) is 0.667. The molecule has 0 fully saturated rings. The summed E-state index contributed by atoms with van der Waals surface area (Å²) in [5.41, 5.74) is 3.00. The third-order valence-corrected chi connectivity index (χ3v) is 3.25. The van der Waals surface area contributed by atoms with Crippen LogP contribution in [0.5, 0.6) is 0 Å². The number of ether oxygens (including phenoxy) is 1. The van der Waals surface area contributed by atoms with Crippen molar-refractivity contribution < 1.29 is 4.74 Å². The Hall–Kier alpha value is -0.860. The van der Waals surface area contributed by atoms with Crippen LogP contribution in [0.25, 0.3) is 0 Å². The lowest BCUT2D eigenvalue weighted by Crippen LogP contribution is -2.24. The smallest absolute Gasteiger partial charge is 0.0716 e. The second kappa shape index (κ2) is 8.43. The van der Waals surface area contributed by atoms with Crippen molar-refractivity contribution in [3.8, 4) is 0 Å². The van der Waals surface area contributed by atoms with Crippen LogP contribution in [0.2, 0.25) is 0 Å². The number of hydrogen-bond donors (Lipinski definition) is 1. The van der Waals surface area contributed by atoms with Gasteiger partial charge < -0.3 is 10.1 Å². The van der Waals surface area contributed by atoms with E-state index in [1.54, 1.807) is 0 Å². The topological polar surface area (TPSA) is 21.3 Å². The summed E-state index contributed by atoms with van der Waals surface area (Å²) in [5, 5.41) is 3.44. The van der Waals surface area contributed by atoms with E-state index in [9.17, 15) is 0 Å². The molecule has 20 heavy (non-hydrogen) atoms. The molecule has 0 spiro atoms. The van der Waals surface area contributed by atoms with E-state index in [1.165, 1.54) is 11.1 Å². The molecule has 0 aromatic heterocycles. The molecule has 0 aliphatic rings. The molecule has 1 aromatic carbocycles. The monoisotopic (exact) mass is 277 g/mol. The van der Waals surface area contributed by atoms with Gasteiger partial charge in [-0.2, -0.15) is 0 Å². The highest BCUT2D eigenvalue weighted by molar-refractivity contribution is 5.22. The van der Waals surface area contributed by atoms with Gasteiger partial charge in [0.15, 0.2) is 0 Å². The summed E-state index contributed by atoms with van der Waals surface area (Å²) in [6, 6.07) is 9.35. The lowest BCUT2D eigenvalue weighted by molar-refractivity contribution is 0.0962. The molecule has 0 bridgehead atoms. The number of rotatable bonds is 8. The summed E-state index contributed by atoms with van der Waals surface area (Å²) in [4.78, 5) is 0. The predicted octanol–water partition coefficient (Wildman–Crippen LogP) is 4.18.